The van der Waals surface area contributed by atoms with E-state index in [1.165, 1.54) is 27.5 Å². The minimum absolute atomic E-state index is 0.0957. The Balaban J connectivity index is 1.14. The number of allylic oxidation sites excluding steroid dienone is 1. The summed E-state index contributed by atoms with van der Waals surface area (Å²) in [5, 5.41) is 34.7. The lowest BCUT2D eigenvalue weighted by Gasteiger charge is -2.56. The maximum absolute atomic E-state index is 11.9. The molecule has 9 atom stereocenters. The topological polar surface area (TPSA) is 86.1 Å². The third kappa shape index (κ3) is 2.99. The van der Waals surface area contributed by atoms with Crippen molar-refractivity contribution < 1.29 is 20.1 Å². The number of hydrogen-bond donors (Lipinski definition) is 3. The van der Waals surface area contributed by atoms with Crippen molar-refractivity contribution in [2.75, 3.05) is 13.1 Å². The van der Waals surface area contributed by atoms with Crippen LogP contribution in [0, 0.1) is 11.3 Å². The van der Waals surface area contributed by atoms with Crippen LogP contribution in [0.1, 0.15) is 63.4 Å². The van der Waals surface area contributed by atoms with E-state index in [0.29, 0.717) is 24.9 Å². The zero-order valence-electron chi connectivity index (χ0n) is 22.1. The van der Waals surface area contributed by atoms with Gasteiger partial charge in [-0.15, -0.1) is 0 Å². The highest BCUT2D eigenvalue weighted by Gasteiger charge is 2.69. The number of rotatable bonds is 2. The van der Waals surface area contributed by atoms with E-state index in [4.69, 9.17) is 4.74 Å². The van der Waals surface area contributed by atoms with Gasteiger partial charge in [-0.25, -0.2) is 0 Å². The number of likely N-dealkylation sites (tertiary alicyclic amines) is 1. The molecule has 0 amide bonds. The van der Waals surface area contributed by atoms with Crippen molar-refractivity contribution in [3.8, 4) is 0 Å². The molecule has 6 aliphatic rings. The highest BCUT2D eigenvalue weighted by molar-refractivity contribution is 5.82. The van der Waals surface area contributed by atoms with Crippen LogP contribution in [-0.4, -0.2) is 73.8 Å². The second-order valence-corrected chi connectivity index (χ2v) is 13.2. The molecular formula is C32H38N2O4. The highest BCUT2D eigenvalue weighted by Crippen LogP contribution is 2.69. The van der Waals surface area contributed by atoms with E-state index >= 15 is 0 Å². The van der Waals surface area contributed by atoms with Gasteiger partial charge in [0.05, 0.1) is 17.8 Å². The van der Waals surface area contributed by atoms with Gasteiger partial charge in [0.25, 0.3) is 0 Å². The number of ether oxygens (including phenoxy) is 1. The summed E-state index contributed by atoms with van der Waals surface area (Å²) >= 11 is 0. The van der Waals surface area contributed by atoms with Crippen molar-refractivity contribution >= 4 is 10.8 Å². The molecule has 2 unspecified atom stereocenters. The number of aliphatic hydroxyl groups is 3. The first-order chi connectivity index (χ1) is 18.3. The Morgan fingerprint density at radius 3 is 2.63 bits per heavy atom. The van der Waals surface area contributed by atoms with Crippen LogP contribution in [-0.2, 0) is 4.74 Å². The Kier molecular flexibility index (Phi) is 4.99. The van der Waals surface area contributed by atoms with E-state index in [1.54, 1.807) is 0 Å². The van der Waals surface area contributed by atoms with Gasteiger partial charge in [-0.2, -0.15) is 0 Å². The maximum atomic E-state index is 11.9. The summed E-state index contributed by atoms with van der Waals surface area (Å²) in [4.78, 5) is 6.45. The zero-order chi connectivity index (χ0) is 25.9. The smallest absolute Gasteiger partial charge is 0.118 e. The standard InChI is InChI=1S/C32H38N2O4/c1-30-10-8-23-15-22-4-6-25(34-17-26(35)27(36)18-34)29(37)32(22)12-11-31(23,38-32)28(30)7-5-24(30)20-3-2-19-9-13-33-16-21(19)14-20/h2-3,8-9,13-16,24-29,35-37H,4-7,10-12,17-18H2,1H3/t24?,25-,26+,27+,28-,29+,30-,31?,32+/m1/s1. The Morgan fingerprint density at radius 1 is 0.974 bits per heavy atom. The van der Waals surface area contributed by atoms with Crippen molar-refractivity contribution in [3.63, 3.8) is 0 Å². The third-order valence-electron chi connectivity index (χ3n) is 11.6. The molecule has 38 heavy (non-hydrogen) atoms. The van der Waals surface area contributed by atoms with Gasteiger partial charge in [0, 0.05) is 36.9 Å². The number of nitrogens with zero attached hydrogens (tertiary/aromatic N) is 2. The van der Waals surface area contributed by atoms with Crippen molar-refractivity contribution in [2.45, 2.75) is 93.3 Å². The molecule has 6 heteroatoms. The number of hydrogen-bond acceptors (Lipinski definition) is 6. The Hall–Kier alpha value is -2.09. The minimum Gasteiger partial charge on any atom is -0.389 e. The molecule has 8 rings (SSSR count). The number of aromatic nitrogens is 1. The first-order valence-electron chi connectivity index (χ1n) is 14.6. The molecular weight excluding hydrogens is 476 g/mol. The van der Waals surface area contributed by atoms with Gasteiger partial charge in [0.1, 0.15) is 11.7 Å². The summed E-state index contributed by atoms with van der Waals surface area (Å²) < 4.78 is 7.32. The summed E-state index contributed by atoms with van der Waals surface area (Å²) in [5.74, 6) is 0.871. The summed E-state index contributed by atoms with van der Waals surface area (Å²) in [6.07, 6.45) is 13.4. The van der Waals surface area contributed by atoms with Gasteiger partial charge >= 0.3 is 0 Å². The second kappa shape index (κ2) is 7.98. The van der Waals surface area contributed by atoms with Crippen molar-refractivity contribution in [3.05, 3.63) is 65.5 Å². The first kappa shape index (κ1) is 23.8. The SMILES string of the molecule is C[C@]12CC=C3C=C4CC[C@@H](N5C[C@H](O)[C@@H](O)C5)[C@H](O)[C@]45CCC3(O5)[C@@H]1CCC2c1ccc2ccncc2c1. The quantitative estimate of drug-likeness (QED) is 0.565. The van der Waals surface area contributed by atoms with Gasteiger partial charge in [0.15, 0.2) is 0 Å². The second-order valence-electron chi connectivity index (χ2n) is 13.2. The lowest BCUT2D eigenvalue weighted by atomic mass is 9.58. The maximum Gasteiger partial charge on any atom is 0.118 e. The van der Waals surface area contributed by atoms with Gasteiger partial charge in [-0.1, -0.05) is 31.2 Å². The number of benzene rings is 1. The third-order valence-corrected chi connectivity index (χ3v) is 11.6. The molecule has 4 fully saturated rings. The van der Waals surface area contributed by atoms with Crippen molar-refractivity contribution in [1.29, 1.82) is 0 Å². The summed E-state index contributed by atoms with van der Waals surface area (Å²) in [6.45, 7) is 3.31. The number of pyridine rings is 1. The van der Waals surface area contributed by atoms with E-state index in [0.717, 1.165) is 44.9 Å². The van der Waals surface area contributed by atoms with Crippen LogP contribution in [0.3, 0.4) is 0 Å². The van der Waals surface area contributed by atoms with Crippen LogP contribution in [0.4, 0.5) is 0 Å². The lowest BCUT2D eigenvalue weighted by Crippen LogP contribution is -2.62. The summed E-state index contributed by atoms with van der Waals surface area (Å²) in [6, 6.07) is 8.89. The van der Waals surface area contributed by atoms with E-state index < -0.39 is 23.9 Å². The molecule has 200 valence electrons. The Labute approximate surface area is 224 Å². The molecule has 1 aromatic carbocycles. The Bertz CT molecular complexity index is 1360. The number of β-amino-alcohol motifs (C(OH)–C–C–N with tert-alkyl or cyclic N) is 2. The van der Waals surface area contributed by atoms with E-state index in [-0.39, 0.29) is 17.1 Å². The highest BCUT2D eigenvalue weighted by atomic mass is 16.5. The molecule has 2 bridgehead atoms. The van der Waals surface area contributed by atoms with Gasteiger partial charge in [0.2, 0.25) is 0 Å². The zero-order valence-corrected chi connectivity index (χ0v) is 22.1. The van der Waals surface area contributed by atoms with Gasteiger partial charge in [-0.3, -0.25) is 9.88 Å². The van der Waals surface area contributed by atoms with Crippen LogP contribution >= 0.6 is 0 Å². The average Bonchev–Trinajstić information content (AvgIpc) is 3.56. The van der Waals surface area contributed by atoms with E-state index in [2.05, 4.69) is 53.2 Å². The van der Waals surface area contributed by atoms with Crippen LogP contribution in [0.15, 0.2) is 60.0 Å². The van der Waals surface area contributed by atoms with Crippen LogP contribution in [0.5, 0.6) is 0 Å². The summed E-state index contributed by atoms with van der Waals surface area (Å²) in [7, 11) is 0. The normalized spacial score (nSPS) is 45.9. The molecule has 1 aromatic heterocycles. The van der Waals surface area contributed by atoms with Crippen molar-refractivity contribution in [2.24, 2.45) is 11.3 Å². The molecule has 2 saturated carbocycles. The molecule has 2 spiro atoms. The van der Waals surface area contributed by atoms with Gasteiger partial charge < -0.3 is 20.1 Å². The fourth-order valence-electron chi connectivity index (χ4n) is 9.73. The molecule has 4 heterocycles. The molecule has 3 N–H and O–H groups in total. The molecule has 3 aliphatic heterocycles. The van der Waals surface area contributed by atoms with E-state index in [9.17, 15) is 15.3 Å². The van der Waals surface area contributed by atoms with Crippen LogP contribution < -0.4 is 0 Å². The van der Waals surface area contributed by atoms with E-state index in [1.807, 2.05) is 12.4 Å². The molecule has 2 aromatic rings. The minimum atomic E-state index is -0.742. The Morgan fingerprint density at radius 2 is 1.79 bits per heavy atom. The van der Waals surface area contributed by atoms with Crippen molar-refractivity contribution in [1.82, 2.24) is 9.88 Å². The molecule has 0 radical (unpaired) electrons. The number of fused-ring (bicyclic) bond motifs is 2. The molecule has 6 nitrogen and oxygen atoms in total. The summed E-state index contributed by atoms with van der Waals surface area (Å²) in [5.41, 5.74) is 3.12. The number of aliphatic hydroxyl groups excluding tert-OH is 3. The predicted octanol–water partition coefficient (Wildman–Crippen LogP) is 3.85. The fraction of sp³-hybridized carbons (Fsp3) is 0.594. The average molecular weight is 515 g/mol. The monoisotopic (exact) mass is 514 g/mol. The largest absolute Gasteiger partial charge is 0.389 e. The predicted molar refractivity (Wildman–Crippen MR) is 144 cm³/mol. The van der Waals surface area contributed by atoms with Crippen LogP contribution in [0.2, 0.25) is 0 Å². The van der Waals surface area contributed by atoms with Gasteiger partial charge in [-0.05, 0) is 96.4 Å². The fourth-order valence-corrected chi connectivity index (χ4v) is 9.73. The molecule has 3 aliphatic carbocycles. The lowest BCUT2D eigenvalue weighted by molar-refractivity contribution is -0.185. The first-order valence-corrected chi connectivity index (χ1v) is 14.6. The van der Waals surface area contributed by atoms with Crippen LogP contribution in [0.25, 0.3) is 10.8 Å². The molecule has 2 saturated heterocycles.